The van der Waals surface area contributed by atoms with E-state index in [1.807, 2.05) is 6.26 Å². The number of carbonyl (C=O) groups is 1. The average molecular weight is 602 g/mol. The van der Waals surface area contributed by atoms with Crippen LogP contribution in [0.2, 0.25) is 0 Å². The van der Waals surface area contributed by atoms with E-state index in [-0.39, 0.29) is 36.0 Å². The number of rotatable bonds is 7. The fourth-order valence-corrected chi connectivity index (χ4v) is 6.14. The number of thiazole rings is 1. The zero-order valence-corrected chi connectivity index (χ0v) is 23.7. The monoisotopic (exact) mass is 601 g/mol. The van der Waals surface area contributed by atoms with Crippen LogP contribution in [0.1, 0.15) is 16.8 Å². The van der Waals surface area contributed by atoms with Crippen molar-refractivity contribution in [1.29, 1.82) is 0 Å². The van der Waals surface area contributed by atoms with Gasteiger partial charge in [0.1, 0.15) is 0 Å². The van der Waals surface area contributed by atoms with Gasteiger partial charge in [-0.05, 0) is 36.9 Å². The number of sulfonamides is 1. The average Bonchev–Trinajstić information content (AvgIpc) is 3.23. The highest BCUT2D eigenvalue weighted by molar-refractivity contribution is 7.98. The van der Waals surface area contributed by atoms with Crippen LogP contribution < -0.4 is 10.6 Å². The molecule has 1 aliphatic rings. The van der Waals surface area contributed by atoms with Crippen LogP contribution >= 0.6 is 23.1 Å². The van der Waals surface area contributed by atoms with E-state index >= 15 is 0 Å². The lowest BCUT2D eigenvalue weighted by Gasteiger charge is -2.33. The Kier molecular flexibility index (Phi) is 8.80. The van der Waals surface area contributed by atoms with Crippen molar-refractivity contribution < 1.29 is 26.4 Å². The molecule has 0 saturated carbocycles. The number of amides is 2. The Balaban J connectivity index is 1.44. The Morgan fingerprint density at radius 3 is 2.49 bits per heavy atom. The van der Waals surface area contributed by atoms with Crippen LogP contribution in [0.5, 0.6) is 0 Å². The number of nitrogens with one attached hydrogen (secondary N) is 2. The van der Waals surface area contributed by atoms with Gasteiger partial charge in [0.05, 0.1) is 28.1 Å². The predicted octanol–water partition coefficient (Wildman–Crippen LogP) is 4.37. The van der Waals surface area contributed by atoms with Crippen LogP contribution in [0.4, 0.5) is 28.8 Å². The molecular weight excluding hydrogens is 575 g/mol. The van der Waals surface area contributed by atoms with E-state index in [4.69, 9.17) is 0 Å². The van der Waals surface area contributed by atoms with E-state index < -0.39 is 27.8 Å². The van der Waals surface area contributed by atoms with E-state index in [1.54, 1.807) is 24.1 Å². The van der Waals surface area contributed by atoms with Gasteiger partial charge in [-0.2, -0.15) is 17.5 Å². The number of alkyl halides is 3. The van der Waals surface area contributed by atoms with Gasteiger partial charge in [0.2, 0.25) is 10.0 Å². The van der Waals surface area contributed by atoms with Crippen molar-refractivity contribution in [2.45, 2.75) is 24.8 Å². The maximum Gasteiger partial charge on any atom is 0.416 e. The molecule has 0 unspecified atom stereocenters. The van der Waals surface area contributed by atoms with E-state index in [0.717, 1.165) is 17.2 Å². The summed E-state index contributed by atoms with van der Waals surface area (Å²) in [5.74, 6) is 0. The SMILES string of the molecule is CSc1nccc(-c2sc(NC(=O)Nc3ccc(CN4CCN(S(C)(=O)=O)CC4)c(C(F)(F)F)c3)nc2C)n1. The molecule has 0 aliphatic carbocycles. The lowest BCUT2D eigenvalue weighted by molar-refractivity contribution is -0.138. The van der Waals surface area contributed by atoms with Crippen molar-refractivity contribution in [2.75, 3.05) is 49.3 Å². The number of anilines is 2. The highest BCUT2D eigenvalue weighted by Crippen LogP contribution is 2.35. The molecule has 0 spiro atoms. The summed E-state index contributed by atoms with van der Waals surface area (Å²) in [5.41, 5.74) is 0.435. The molecule has 2 N–H and O–H groups in total. The van der Waals surface area contributed by atoms with Gasteiger partial charge in [-0.25, -0.2) is 28.2 Å². The molecule has 210 valence electrons. The summed E-state index contributed by atoms with van der Waals surface area (Å²) < 4.78 is 66.4. The summed E-state index contributed by atoms with van der Waals surface area (Å²) in [4.78, 5) is 28.0. The zero-order chi connectivity index (χ0) is 28.4. The van der Waals surface area contributed by atoms with Crippen molar-refractivity contribution in [1.82, 2.24) is 24.2 Å². The van der Waals surface area contributed by atoms with Gasteiger partial charge in [0, 0.05) is 44.6 Å². The smallest absolute Gasteiger partial charge is 0.308 e. The number of halogens is 3. The third-order valence-electron chi connectivity index (χ3n) is 5.93. The summed E-state index contributed by atoms with van der Waals surface area (Å²) in [6, 6.07) is 4.62. The third kappa shape index (κ3) is 7.45. The first-order valence-electron chi connectivity index (χ1n) is 11.6. The standard InChI is InChI=1S/C23H26F3N7O3S3/c1-14-19(18-6-7-27-21(30-18)37-2)38-22(28-14)31-20(34)29-16-5-4-15(17(12-16)23(24,25)26)13-32-8-10-33(11-9-32)39(3,35)36/h4-7,12H,8-11,13H2,1-3H3,(H2,28,29,31,34). The molecule has 1 aromatic carbocycles. The van der Waals surface area contributed by atoms with E-state index in [0.29, 0.717) is 29.6 Å². The van der Waals surface area contributed by atoms with E-state index in [9.17, 15) is 26.4 Å². The van der Waals surface area contributed by atoms with Crippen molar-refractivity contribution in [3.05, 3.63) is 47.3 Å². The molecule has 3 heterocycles. The van der Waals surface area contributed by atoms with Crippen molar-refractivity contribution in [3.63, 3.8) is 0 Å². The molecule has 4 rings (SSSR count). The Bertz CT molecular complexity index is 1460. The van der Waals surface area contributed by atoms with Gasteiger partial charge in [0.15, 0.2) is 10.3 Å². The van der Waals surface area contributed by atoms with E-state index in [1.165, 1.54) is 39.5 Å². The number of nitrogens with zero attached hydrogens (tertiary/aromatic N) is 5. The second-order valence-electron chi connectivity index (χ2n) is 8.75. The quantitative estimate of drug-likeness (QED) is 0.303. The molecule has 1 fully saturated rings. The van der Waals surface area contributed by atoms with Crippen LogP contribution in [-0.4, -0.2) is 77.3 Å². The Morgan fingerprint density at radius 1 is 1.13 bits per heavy atom. The first-order chi connectivity index (χ1) is 18.3. The minimum Gasteiger partial charge on any atom is -0.308 e. The van der Waals surface area contributed by atoms with Gasteiger partial charge in [-0.15, -0.1) is 0 Å². The predicted molar refractivity (Wildman–Crippen MR) is 145 cm³/mol. The summed E-state index contributed by atoms with van der Waals surface area (Å²) in [6.07, 6.45) is -0.0494. The van der Waals surface area contributed by atoms with Crippen LogP contribution in [0.25, 0.3) is 10.6 Å². The van der Waals surface area contributed by atoms with Crippen LogP contribution in [0, 0.1) is 6.92 Å². The summed E-state index contributed by atoms with van der Waals surface area (Å²) >= 11 is 2.58. The highest BCUT2D eigenvalue weighted by Gasteiger charge is 2.34. The minimum atomic E-state index is -4.65. The Morgan fingerprint density at radius 2 is 1.85 bits per heavy atom. The third-order valence-corrected chi connectivity index (χ3v) is 8.89. The first-order valence-corrected chi connectivity index (χ1v) is 15.5. The topological polar surface area (TPSA) is 120 Å². The van der Waals surface area contributed by atoms with Gasteiger partial charge >= 0.3 is 12.2 Å². The van der Waals surface area contributed by atoms with Gasteiger partial charge < -0.3 is 5.32 Å². The summed E-state index contributed by atoms with van der Waals surface area (Å²) in [7, 11) is -3.34. The van der Waals surface area contributed by atoms with Crippen molar-refractivity contribution in [3.8, 4) is 10.6 Å². The maximum atomic E-state index is 13.9. The number of thioether (sulfide) groups is 1. The number of hydrogen-bond donors (Lipinski definition) is 2. The van der Waals surface area contributed by atoms with Gasteiger partial charge in [-0.3, -0.25) is 10.2 Å². The number of carbonyl (C=O) groups excluding carboxylic acids is 1. The second kappa shape index (κ2) is 11.8. The number of piperazine rings is 1. The molecule has 2 aromatic heterocycles. The molecule has 39 heavy (non-hydrogen) atoms. The maximum absolute atomic E-state index is 13.9. The lowest BCUT2D eigenvalue weighted by atomic mass is 10.0. The molecule has 3 aromatic rings. The Labute approximate surface area is 232 Å². The number of benzene rings is 1. The normalized spacial score (nSPS) is 15.3. The van der Waals surface area contributed by atoms with Gasteiger partial charge in [0.25, 0.3) is 0 Å². The largest absolute Gasteiger partial charge is 0.416 e. The molecular formula is C23H26F3N7O3S3. The highest BCUT2D eigenvalue weighted by atomic mass is 32.2. The molecule has 0 atom stereocenters. The molecule has 0 bridgehead atoms. The molecule has 16 heteroatoms. The Hall–Kier alpha value is -2.79. The number of aromatic nitrogens is 3. The van der Waals surface area contributed by atoms with Crippen molar-refractivity contribution >= 4 is 50.0 Å². The summed E-state index contributed by atoms with van der Waals surface area (Å²) in [6.45, 7) is 2.83. The molecule has 2 amide bonds. The molecule has 0 radical (unpaired) electrons. The molecule has 1 saturated heterocycles. The summed E-state index contributed by atoms with van der Waals surface area (Å²) in [5, 5.41) is 5.87. The number of hydrogen-bond acceptors (Lipinski definition) is 9. The molecule has 10 nitrogen and oxygen atoms in total. The van der Waals surface area contributed by atoms with Crippen LogP contribution in [-0.2, 0) is 22.7 Å². The minimum absolute atomic E-state index is 0.00137. The number of urea groups is 1. The molecule has 1 aliphatic heterocycles. The van der Waals surface area contributed by atoms with Crippen LogP contribution in [0.3, 0.4) is 0 Å². The fraction of sp³-hybridized carbons (Fsp3) is 0.391. The zero-order valence-electron chi connectivity index (χ0n) is 21.2. The number of aryl methyl sites for hydroxylation is 1. The lowest BCUT2D eigenvalue weighted by Crippen LogP contribution is -2.47. The second-order valence-corrected chi connectivity index (χ2v) is 12.5. The van der Waals surface area contributed by atoms with E-state index in [2.05, 4.69) is 25.6 Å². The fourth-order valence-electron chi connectivity index (χ4n) is 4.03. The van der Waals surface area contributed by atoms with Crippen LogP contribution in [0.15, 0.2) is 35.6 Å². The van der Waals surface area contributed by atoms with Gasteiger partial charge in [-0.1, -0.05) is 29.2 Å². The first kappa shape index (κ1) is 29.2. The van der Waals surface area contributed by atoms with Crippen molar-refractivity contribution in [2.24, 2.45) is 0 Å².